The van der Waals surface area contributed by atoms with Crippen molar-refractivity contribution in [2.24, 2.45) is 0 Å². The molecule has 0 radical (unpaired) electrons. The highest BCUT2D eigenvalue weighted by Crippen LogP contribution is 2.36. The Labute approximate surface area is 127 Å². The molecule has 1 aromatic rings. The van der Waals surface area contributed by atoms with E-state index in [-0.39, 0.29) is 18.1 Å². The van der Waals surface area contributed by atoms with Crippen LogP contribution < -0.4 is 14.8 Å². The normalized spacial score (nSPS) is 16.5. The smallest absolute Gasteiger partial charge is 0.487 e. The molecule has 2 rings (SSSR count). The van der Waals surface area contributed by atoms with Crippen LogP contribution in [0.15, 0.2) is 18.2 Å². The lowest BCUT2D eigenvalue weighted by molar-refractivity contribution is -0.275. The maximum absolute atomic E-state index is 12.5. The minimum absolute atomic E-state index is 0.102. The van der Waals surface area contributed by atoms with Crippen LogP contribution in [-0.2, 0) is 4.74 Å². The second kappa shape index (κ2) is 7.69. The van der Waals surface area contributed by atoms with Gasteiger partial charge in [-0.05, 0) is 49.5 Å². The topological polar surface area (TPSA) is 39.7 Å². The van der Waals surface area contributed by atoms with Crippen LogP contribution in [-0.4, -0.2) is 39.8 Å². The first-order valence-electron chi connectivity index (χ1n) is 7.22. The summed E-state index contributed by atoms with van der Waals surface area (Å²) in [7, 11) is 1.50. The van der Waals surface area contributed by atoms with E-state index in [1.165, 1.54) is 13.2 Å². The monoisotopic (exact) mass is 319 g/mol. The van der Waals surface area contributed by atoms with Crippen molar-refractivity contribution in [3.63, 3.8) is 0 Å². The third kappa shape index (κ3) is 5.06. The molecule has 1 aliphatic heterocycles. The molecule has 1 heterocycles. The molecule has 0 aliphatic carbocycles. The van der Waals surface area contributed by atoms with Crippen molar-refractivity contribution < 1.29 is 27.4 Å². The molecule has 22 heavy (non-hydrogen) atoms. The van der Waals surface area contributed by atoms with Gasteiger partial charge in [-0.1, -0.05) is 6.07 Å². The Morgan fingerprint density at radius 3 is 2.50 bits per heavy atom. The Morgan fingerprint density at radius 2 is 1.86 bits per heavy atom. The molecule has 1 saturated heterocycles. The van der Waals surface area contributed by atoms with Crippen LogP contribution in [0, 0.1) is 0 Å². The fourth-order valence-electron chi connectivity index (χ4n) is 2.49. The van der Waals surface area contributed by atoms with Crippen molar-refractivity contribution >= 4 is 0 Å². The van der Waals surface area contributed by atoms with Crippen molar-refractivity contribution in [3.05, 3.63) is 23.8 Å². The number of ether oxygens (including phenoxy) is 3. The Morgan fingerprint density at radius 1 is 1.14 bits per heavy atom. The second-order valence-electron chi connectivity index (χ2n) is 5.12. The minimum Gasteiger partial charge on any atom is -0.487 e. The van der Waals surface area contributed by atoms with Crippen molar-refractivity contribution in [1.82, 2.24) is 5.32 Å². The number of hydrogen-bond donors (Lipinski definition) is 1. The van der Waals surface area contributed by atoms with E-state index in [0.29, 0.717) is 12.5 Å². The molecule has 0 aromatic heterocycles. The Balaban J connectivity index is 2.17. The summed E-state index contributed by atoms with van der Waals surface area (Å²) >= 11 is 0. The summed E-state index contributed by atoms with van der Waals surface area (Å²) in [4.78, 5) is 0. The van der Waals surface area contributed by atoms with Crippen LogP contribution in [0.1, 0.15) is 24.3 Å². The number of methoxy groups -OCH3 is 1. The van der Waals surface area contributed by atoms with E-state index in [9.17, 15) is 13.2 Å². The van der Waals surface area contributed by atoms with Gasteiger partial charge >= 0.3 is 6.36 Å². The highest BCUT2D eigenvalue weighted by Gasteiger charge is 2.32. The zero-order valence-corrected chi connectivity index (χ0v) is 12.4. The van der Waals surface area contributed by atoms with Crippen LogP contribution in [0.2, 0.25) is 0 Å². The second-order valence-corrected chi connectivity index (χ2v) is 5.12. The summed E-state index contributed by atoms with van der Waals surface area (Å²) in [6.07, 6.45) is -2.83. The molecule has 0 saturated carbocycles. The lowest BCUT2D eigenvalue weighted by atomic mass is 9.90. The minimum atomic E-state index is -4.74. The number of alkyl halides is 3. The van der Waals surface area contributed by atoms with E-state index in [1.54, 1.807) is 12.1 Å². The van der Waals surface area contributed by atoms with Crippen LogP contribution in [0.4, 0.5) is 13.2 Å². The largest absolute Gasteiger partial charge is 0.573 e. The number of piperidine rings is 1. The number of halogens is 3. The average molecular weight is 319 g/mol. The summed E-state index contributed by atoms with van der Waals surface area (Å²) in [5, 5.41) is 3.26. The molecule has 1 aromatic carbocycles. The van der Waals surface area contributed by atoms with Crippen LogP contribution in [0.5, 0.6) is 11.5 Å². The third-order valence-electron chi connectivity index (χ3n) is 3.55. The Bertz CT molecular complexity index is 474. The van der Waals surface area contributed by atoms with Crippen LogP contribution in [0.3, 0.4) is 0 Å². The first kappa shape index (κ1) is 16.9. The predicted octanol–water partition coefficient (Wildman–Crippen LogP) is 3.08. The molecule has 0 unspecified atom stereocenters. The van der Waals surface area contributed by atoms with E-state index >= 15 is 0 Å². The van der Waals surface area contributed by atoms with Gasteiger partial charge in [-0.15, -0.1) is 13.2 Å². The van der Waals surface area contributed by atoms with Gasteiger partial charge in [0.25, 0.3) is 0 Å². The first-order chi connectivity index (χ1) is 10.5. The Hall–Kier alpha value is -1.47. The third-order valence-corrected chi connectivity index (χ3v) is 3.55. The number of hydrogen-bond acceptors (Lipinski definition) is 4. The lowest BCUT2D eigenvalue weighted by Crippen LogP contribution is -2.26. The standard InChI is InChI=1S/C15H20F3NO3/c1-20-8-9-21-14-10-12(11-4-6-19-7-5-11)2-3-13(14)22-15(16,17)18/h2-3,10-11,19H,4-9H2,1H3. The van der Waals surface area contributed by atoms with Gasteiger partial charge in [0.15, 0.2) is 11.5 Å². The van der Waals surface area contributed by atoms with Gasteiger partial charge in [0.05, 0.1) is 6.61 Å². The molecule has 124 valence electrons. The molecular weight excluding hydrogens is 299 g/mol. The number of nitrogens with one attached hydrogen (secondary N) is 1. The number of rotatable bonds is 6. The first-order valence-corrected chi connectivity index (χ1v) is 7.22. The highest BCUT2D eigenvalue weighted by atomic mass is 19.4. The predicted molar refractivity (Wildman–Crippen MR) is 75.3 cm³/mol. The molecule has 1 fully saturated rings. The zero-order chi connectivity index (χ0) is 16.0. The van der Waals surface area contributed by atoms with E-state index in [1.807, 2.05) is 0 Å². The van der Waals surface area contributed by atoms with Crippen LogP contribution in [0.25, 0.3) is 0 Å². The van der Waals surface area contributed by atoms with Gasteiger partial charge in [0.2, 0.25) is 0 Å². The van der Waals surface area contributed by atoms with Crippen molar-refractivity contribution in [2.45, 2.75) is 25.1 Å². The van der Waals surface area contributed by atoms with Crippen LogP contribution >= 0.6 is 0 Å². The van der Waals surface area contributed by atoms with Crippen molar-refractivity contribution in [1.29, 1.82) is 0 Å². The van der Waals surface area contributed by atoms with Gasteiger partial charge in [-0.2, -0.15) is 0 Å². The number of benzene rings is 1. The molecular formula is C15H20F3NO3. The van der Waals surface area contributed by atoms with Gasteiger partial charge < -0.3 is 19.5 Å². The quantitative estimate of drug-likeness (QED) is 0.818. The van der Waals surface area contributed by atoms with Gasteiger partial charge in [-0.25, -0.2) is 0 Å². The van der Waals surface area contributed by atoms with Crippen molar-refractivity contribution in [2.75, 3.05) is 33.4 Å². The molecule has 0 spiro atoms. The zero-order valence-electron chi connectivity index (χ0n) is 12.4. The molecule has 7 heteroatoms. The molecule has 0 atom stereocenters. The van der Waals surface area contributed by atoms with Gasteiger partial charge in [0.1, 0.15) is 6.61 Å². The average Bonchev–Trinajstić information content (AvgIpc) is 2.48. The van der Waals surface area contributed by atoms with Gasteiger partial charge in [-0.3, -0.25) is 0 Å². The van der Waals surface area contributed by atoms with E-state index in [0.717, 1.165) is 31.5 Å². The molecule has 0 amide bonds. The highest BCUT2D eigenvalue weighted by molar-refractivity contribution is 5.44. The summed E-state index contributed by atoms with van der Waals surface area (Å²) < 4.78 is 51.6. The van der Waals surface area contributed by atoms with E-state index in [4.69, 9.17) is 9.47 Å². The maximum atomic E-state index is 12.5. The molecule has 1 N–H and O–H groups in total. The van der Waals surface area contributed by atoms with E-state index < -0.39 is 6.36 Å². The SMILES string of the molecule is COCCOc1cc(C2CCNCC2)ccc1OC(F)(F)F. The Kier molecular flexibility index (Phi) is 5.90. The summed E-state index contributed by atoms with van der Waals surface area (Å²) in [6, 6.07) is 4.65. The van der Waals surface area contributed by atoms with E-state index in [2.05, 4.69) is 10.1 Å². The fourth-order valence-corrected chi connectivity index (χ4v) is 2.49. The summed E-state index contributed by atoms with van der Waals surface area (Å²) in [5.74, 6) is 0.109. The molecule has 0 bridgehead atoms. The maximum Gasteiger partial charge on any atom is 0.573 e. The lowest BCUT2D eigenvalue weighted by Gasteiger charge is -2.24. The molecule has 1 aliphatic rings. The summed E-state index contributed by atoms with van der Waals surface area (Å²) in [6.45, 7) is 2.28. The summed E-state index contributed by atoms with van der Waals surface area (Å²) in [5.41, 5.74) is 0.975. The fraction of sp³-hybridized carbons (Fsp3) is 0.600. The van der Waals surface area contributed by atoms with Gasteiger partial charge in [0, 0.05) is 7.11 Å². The molecule has 4 nitrogen and oxygen atoms in total. The van der Waals surface area contributed by atoms with Crippen molar-refractivity contribution in [3.8, 4) is 11.5 Å².